The van der Waals surface area contributed by atoms with Crippen LogP contribution in [0.25, 0.3) is 11.0 Å². The molecule has 4 aromatic rings. The number of aryl methyl sites for hydroxylation is 1. The van der Waals surface area contributed by atoms with Crippen LogP contribution < -0.4 is 29.1 Å². The molecule has 36 heavy (non-hydrogen) atoms. The van der Waals surface area contributed by atoms with Gasteiger partial charge in [0.05, 0.1) is 32.3 Å². The first-order valence-corrected chi connectivity index (χ1v) is 11.5. The fourth-order valence-corrected chi connectivity index (χ4v) is 4.34. The highest BCUT2D eigenvalue weighted by molar-refractivity contribution is 5.83. The predicted octanol–water partition coefficient (Wildman–Crippen LogP) is 5.27. The van der Waals surface area contributed by atoms with E-state index < -0.39 is 0 Å². The Morgan fingerprint density at radius 3 is 2.50 bits per heavy atom. The largest absolute Gasteiger partial charge is 0.497 e. The Balaban J connectivity index is 1.46. The van der Waals surface area contributed by atoms with Crippen LogP contribution in [0, 0.1) is 6.92 Å². The second-order valence-electron chi connectivity index (χ2n) is 8.47. The minimum absolute atomic E-state index is 0.148. The molecular formula is C28H27NO7. The number of fused-ring (bicyclic) bond motifs is 3. The minimum atomic E-state index is -0.239. The van der Waals surface area contributed by atoms with Gasteiger partial charge >= 0.3 is 0 Å². The summed E-state index contributed by atoms with van der Waals surface area (Å²) in [7, 11) is 4.81. The fraction of sp³-hybridized carbons (Fsp3) is 0.250. The van der Waals surface area contributed by atoms with Gasteiger partial charge in [-0.25, -0.2) is 0 Å². The lowest BCUT2D eigenvalue weighted by atomic mass is 10.1. The zero-order valence-electron chi connectivity index (χ0n) is 20.6. The van der Waals surface area contributed by atoms with E-state index >= 15 is 0 Å². The van der Waals surface area contributed by atoms with Gasteiger partial charge < -0.3 is 28.1 Å². The number of benzene rings is 3. The van der Waals surface area contributed by atoms with Crippen LogP contribution in [0.1, 0.15) is 16.9 Å². The number of ether oxygens (including phenoxy) is 5. The molecule has 0 aliphatic carbocycles. The number of rotatable bonds is 7. The van der Waals surface area contributed by atoms with Crippen LogP contribution in [-0.2, 0) is 13.1 Å². The smallest absolute Gasteiger partial charge is 0.235 e. The number of hydrogen-bond donors (Lipinski definition) is 0. The Labute approximate surface area is 208 Å². The van der Waals surface area contributed by atoms with Crippen molar-refractivity contribution in [2.45, 2.75) is 20.0 Å². The van der Waals surface area contributed by atoms with Crippen LogP contribution in [-0.4, -0.2) is 33.0 Å². The Hall–Kier alpha value is -4.17. The Kier molecular flexibility index (Phi) is 6.43. The number of hydrogen-bond acceptors (Lipinski definition) is 8. The van der Waals surface area contributed by atoms with Crippen LogP contribution in [0.15, 0.2) is 63.8 Å². The summed E-state index contributed by atoms with van der Waals surface area (Å²) >= 11 is 0. The molecule has 8 nitrogen and oxygen atoms in total. The molecule has 8 heteroatoms. The second-order valence-corrected chi connectivity index (χ2v) is 8.47. The predicted molar refractivity (Wildman–Crippen MR) is 135 cm³/mol. The van der Waals surface area contributed by atoms with E-state index in [2.05, 4.69) is 4.90 Å². The molecular weight excluding hydrogens is 462 g/mol. The summed E-state index contributed by atoms with van der Waals surface area (Å²) in [5.74, 6) is 3.72. The van der Waals surface area contributed by atoms with Crippen molar-refractivity contribution in [3.8, 4) is 34.5 Å². The van der Waals surface area contributed by atoms with Crippen molar-refractivity contribution in [1.29, 1.82) is 0 Å². The van der Waals surface area contributed by atoms with Gasteiger partial charge in [-0.2, -0.15) is 0 Å². The van der Waals surface area contributed by atoms with E-state index in [-0.39, 0.29) is 11.2 Å². The average Bonchev–Trinajstić information content (AvgIpc) is 2.91. The molecule has 0 saturated carbocycles. The van der Waals surface area contributed by atoms with Gasteiger partial charge in [0, 0.05) is 19.2 Å². The van der Waals surface area contributed by atoms with E-state index in [0.29, 0.717) is 65.3 Å². The lowest BCUT2D eigenvalue weighted by molar-refractivity contribution is 0.0889. The molecule has 0 saturated heterocycles. The van der Waals surface area contributed by atoms with Gasteiger partial charge in [0.15, 0.2) is 11.5 Å². The van der Waals surface area contributed by atoms with Crippen LogP contribution in [0.4, 0.5) is 0 Å². The Bertz CT molecular complexity index is 1480. The van der Waals surface area contributed by atoms with Gasteiger partial charge in [-0.3, -0.25) is 9.69 Å². The molecule has 0 atom stereocenters. The van der Waals surface area contributed by atoms with Gasteiger partial charge in [-0.05, 0) is 48.9 Å². The number of nitrogens with zero attached hydrogens (tertiary/aromatic N) is 1. The molecule has 0 fully saturated rings. The van der Waals surface area contributed by atoms with Gasteiger partial charge in [-0.1, -0.05) is 12.1 Å². The van der Waals surface area contributed by atoms with E-state index in [1.807, 2.05) is 30.3 Å². The number of methoxy groups -OCH3 is 3. The quantitative estimate of drug-likeness (QED) is 0.347. The normalized spacial score (nSPS) is 13.1. The third-order valence-electron chi connectivity index (χ3n) is 6.14. The second kappa shape index (κ2) is 9.83. The molecule has 0 radical (unpaired) electrons. The Morgan fingerprint density at radius 2 is 1.72 bits per heavy atom. The molecule has 0 amide bonds. The van der Waals surface area contributed by atoms with Gasteiger partial charge in [0.2, 0.25) is 11.2 Å². The minimum Gasteiger partial charge on any atom is -0.497 e. The molecule has 3 aromatic carbocycles. The first-order valence-electron chi connectivity index (χ1n) is 11.5. The van der Waals surface area contributed by atoms with Crippen molar-refractivity contribution in [1.82, 2.24) is 4.90 Å². The van der Waals surface area contributed by atoms with Gasteiger partial charge in [-0.15, -0.1) is 0 Å². The van der Waals surface area contributed by atoms with Crippen LogP contribution in [0.5, 0.6) is 34.5 Å². The van der Waals surface area contributed by atoms with Crippen LogP contribution in [0.3, 0.4) is 0 Å². The van der Waals surface area contributed by atoms with Crippen molar-refractivity contribution in [2.75, 3.05) is 28.1 Å². The highest BCUT2D eigenvalue weighted by atomic mass is 16.5. The van der Waals surface area contributed by atoms with Crippen molar-refractivity contribution in [3.05, 3.63) is 81.7 Å². The summed E-state index contributed by atoms with van der Waals surface area (Å²) in [4.78, 5) is 15.5. The van der Waals surface area contributed by atoms with E-state index in [9.17, 15) is 4.79 Å². The molecule has 0 bridgehead atoms. The topological polar surface area (TPSA) is 79.6 Å². The molecule has 2 heterocycles. The highest BCUT2D eigenvalue weighted by Crippen LogP contribution is 2.35. The van der Waals surface area contributed by atoms with Crippen molar-refractivity contribution >= 4 is 11.0 Å². The standard InChI is InChI=1S/C28H27NO7/c1-17-27(36-20-7-5-6-19(13-20)31-2)26(30)21-9-11-23-22(28(21)35-17)15-29(16-34-23)14-18-8-10-24(32-3)25(12-18)33-4/h5-13H,14-16H2,1-4H3. The molecule has 0 spiro atoms. The van der Waals surface area contributed by atoms with Crippen LogP contribution in [0.2, 0.25) is 0 Å². The average molecular weight is 490 g/mol. The molecule has 186 valence electrons. The lowest BCUT2D eigenvalue weighted by Crippen LogP contribution is -2.31. The van der Waals surface area contributed by atoms with Crippen molar-refractivity contribution in [2.24, 2.45) is 0 Å². The molecule has 1 aliphatic rings. The zero-order chi connectivity index (χ0) is 25.2. The molecule has 1 aliphatic heterocycles. The van der Waals surface area contributed by atoms with Crippen molar-refractivity contribution < 1.29 is 28.1 Å². The summed E-state index contributed by atoms with van der Waals surface area (Å²) in [6.07, 6.45) is 0. The maximum Gasteiger partial charge on any atom is 0.235 e. The fourth-order valence-electron chi connectivity index (χ4n) is 4.34. The Morgan fingerprint density at radius 1 is 0.917 bits per heavy atom. The maximum atomic E-state index is 13.4. The molecule has 5 rings (SSSR count). The third kappa shape index (κ3) is 4.43. The molecule has 1 aromatic heterocycles. The first kappa shape index (κ1) is 23.6. The summed E-state index contributed by atoms with van der Waals surface area (Å²) in [5.41, 5.74) is 2.14. The third-order valence-corrected chi connectivity index (χ3v) is 6.14. The van der Waals surface area contributed by atoms with Gasteiger partial charge in [0.25, 0.3) is 0 Å². The highest BCUT2D eigenvalue weighted by Gasteiger charge is 2.24. The van der Waals surface area contributed by atoms with E-state index in [0.717, 1.165) is 11.1 Å². The van der Waals surface area contributed by atoms with Crippen LogP contribution >= 0.6 is 0 Å². The lowest BCUT2D eigenvalue weighted by Gasteiger charge is -2.29. The van der Waals surface area contributed by atoms with E-state index in [1.54, 1.807) is 52.5 Å². The summed E-state index contributed by atoms with van der Waals surface area (Å²) in [5, 5.41) is 0.439. The monoisotopic (exact) mass is 489 g/mol. The summed E-state index contributed by atoms with van der Waals surface area (Å²) in [6.45, 7) is 3.31. The molecule has 0 N–H and O–H groups in total. The first-order chi connectivity index (χ1) is 17.5. The summed E-state index contributed by atoms with van der Waals surface area (Å²) in [6, 6.07) is 16.4. The van der Waals surface area contributed by atoms with Gasteiger partial charge in [0.1, 0.15) is 35.3 Å². The van der Waals surface area contributed by atoms with E-state index in [1.165, 1.54) is 0 Å². The molecule has 0 unspecified atom stereocenters. The van der Waals surface area contributed by atoms with E-state index in [4.69, 9.17) is 28.1 Å². The SMILES string of the molecule is COc1cccc(Oc2c(C)oc3c4c(ccc3c2=O)OCN(Cc2ccc(OC)c(OC)c2)C4)c1. The van der Waals surface area contributed by atoms with Crippen molar-refractivity contribution in [3.63, 3.8) is 0 Å². The summed E-state index contributed by atoms with van der Waals surface area (Å²) < 4.78 is 34.1. The maximum absolute atomic E-state index is 13.4. The zero-order valence-corrected chi connectivity index (χ0v) is 20.6.